The first kappa shape index (κ1) is 9.22. The molecule has 0 spiro atoms. The van der Waals surface area contributed by atoms with Crippen LogP contribution in [-0.2, 0) is 6.42 Å². The third-order valence-corrected chi connectivity index (χ3v) is 4.15. The molecule has 2 rings (SSSR count). The van der Waals surface area contributed by atoms with Gasteiger partial charge in [0.1, 0.15) is 0 Å². The molecule has 2 atom stereocenters. The molecule has 1 saturated carbocycles. The number of nitrogens with one attached hydrogen (secondary N) is 1. The molecule has 1 aliphatic carbocycles. The molecular formula is C11H17NS. The maximum atomic E-state index is 3.25. The monoisotopic (exact) mass is 195 g/mol. The van der Waals surface area contributed by atoms with E-state index in [0.717, 1.165) is 11.8 Å². The summed E-state index contributed by atoms with van der Waals surface area (Å²) in [6, 6.07) is 4.61. The lowest BCUT2D eigenvalue weighted by molar-refractivity contribution is 0.700. The Hall–Kier alpha value is -0.340. The average molecular weight is 195 g/mol. The molecule has 2 unspecified atom stereocenters. The minimum Gasteiger partial charge on any atom is -0.319 e. The van der Waals surface area contributed by atoms with Gasteiger partial charge in [0, 0.05) is 9.75 Å². The van der Waals surface area contributed by atoms with E-state index in [0.29, 0.717) is 0 Å². The number of aryl methyl sites for hydroxylation is 1. The summed E-state index contributed by atoms with van der Waals surface area (Å²) in [6.07, 6.45) is 2.58. The van der Waals surface area contributed by atoms with Gasteiger partial charge in [-0.2, -0.15) is 0 Å². The highest BCUT2D eigenvalue weighted by atomic mass is 32.1. The second-order valence-corrected chi connectivity index (χ2v) is 5.02. The highest BCUT2D eigenvalue weighted by Crippen LogP contribution is 2.49. The summed E-state index contributed by atoms with van der Waals surface area (Å²) >= 11 is 2.01. The molecule has 1 aromatic rings. The van der Waals surface area contributed by atoms with Gasteiger partial charge in [-0.05, 0) is 50.4 Å². The Balaban J connectivity index is 1.95. The van der Waals surface area contributed by atoms with Gasteiger partial charge in [0.25, 0.3) is 0 Å². The van der Waals surface area contributed by atoms with Crippen molar-refractivity contribution in [1.29, 1.82) is 0 Å². The van der Waals surface area contributed by atoms with E-state index in [1.54, 1.807) is 4.88 Å². The SMILES string of the molecule is CCc1ccc(C2CC2CNC)s1. The molecule has 0 bridgehead atoms. The molecule has 1 fully saturated rings. The van der Waals surface area contributed by atoms with E-state index >= 15 is 0 Å². The Morgan fingerprint density at radius 2 is 2.38 bits per heavy atom. The van der Waals surface area contributed by atoms with E-state index in [1.165, 1.54) is 24.3 Å². The molecule has 1 nitrogen and oxygen atoms in total. The van der Waals surface area contributed by atoms with Gasteiger partial charge in [0.15, 0.2) is 0 Å². The van der Waals surface area contributed by atoms with E-state index in [2.05, 4.69) is 24.4 Å². The van der Waals surface area contributed by atoms with Gasteiger partial charge >= 0.3 is 0 Å². The summed E-state index contributed by atoms with van der Waals surface area (Å²) in [5.41, 5.74) is 0. The molecule has 1 N–H and O–H groups in total. The van der Waals surface area contributed by atoms with Crippen molar-refractivity contribution in [2.45, 2.75) is 25.7 Å². The Bertz CT molecular complexity index is 279. The van der Waals surface area contributed by atoms with Crippen LogP contribution in [-0.4, -0.2) is 13.6 Å². The summed E-state index contributed by atoms with van der Waals surface area (Å²) in [5.74, 6) is 1.78. The normalized spacial score (nSPS) is 26.3. The zero-order valence-corrected chi connectivity index (χ0v) is 9.16. The molecule has 2 heteroatoms. The van der Waals surface area contributed by atoms with Crippen LogP contribution in [0.15, 0.2) is 12.1 Å². The van der Waals surface area contributed by atoms with Gasteiger partial charge in [0.05, 0.1) is 0 Å². The van der Waals surface area contributed by atoms with Crippen molar-refractivity contribution in [2.75, 3.05) is 13.6 Å². The van der Waals surface area contributed by atoms with Crippen LogP contribution >= 0.6 is 11.3 Å². The predicted molar refractivity (Wildman–Crippen MR) is 58.5 cm³/mol. The second kappa shape index (κ2) is 3.81. The van der Waals surface area contributed by atoms with Gasteiger partial charge in [-0.3, -0.25) is 0 Å². The van der Waals surface area contributed by atoms with Gasteiger partial charge in [-0.15, -0.1) is 11.3 Å². The molecule has 0 saturated heterocycles. The predicted octanol–water partition coefficient (Wildman–Crippen LogP) is 2.63. The summed E-state index contributed by atoms with van der Waals surface area (Å²) in [5, 5.41) is 3.25. The zero-order valence-electron chi connectivity index (χ0n) is 8.34. The molecule has 0 amide bonds. The lowest BCUT2D eigenvalue weighted by atomic mass is 10.2. The summed E-state index contributed by atoms with van der Waals surface area (Å²) in [7, 11) is 2.04. The molecule has 0 aromatic carbocycles. The molecule has 0 radical (unpaired) electrons. The quantitative estimate of drug-likeness (QED) is 0.779. The van der Waals surface area contributed by atoms with Crippen molar-refractivity contribution in [3.05, 3.63) is 21.9 Å². The van der Waals surface area contributed by atoms with E-state index < -0.39 is 0 Å². The standard InChI is InChI=1S/C11H17NS/c1-3-9-4-5-11(13-9)10-6-8(10)7-12-2/h4-5,8,10,12H,3,6-7H2,1-2H3. The van der Waals surface area contributed by atoms with Gasteiger partial charge < -0.3 is 5.32 Å². The maximum Gasteiger partial charge on any atom is 0.00825 e. The first-order chi connectivity index (χ1) is 6.35. The first-order valence-electron chi connectivity index (χ1n) is 5.08. The van der Waals surface area contributed by atoms with Gasteiger partial charge in [0.2, 0.25) is 0 Å². The van der Waals surface area contributed by atoms with Crippen LogP contribution < -0.4 is 5.32 Å². The minimum absolute atomic E-state index is 0.873. The van der Waals surface area contributed by atoms with Crippen molar-refractivity contribution in [3.8, 4) is 0 Å². The van der Waals surface area contributed by atoms with Crippen LogP contribution in [0.4, 0.5) is 0 Å². The molecule has 13 heavy (non-hydrogen) atoms. The summed E-state index contributed by atoms with van der Waals surface area (Å²) < 4.78 is 0. The summed E-state index contributed by atoms with van der Waals surface area (Å²) in [6.45, 7) is 3.41. The third-order valence-electron chi connectivity index (χ3n) is 2.79. The fourth-order valence-corrected chi connectivity index (χ4v) is 3.03. The fourth-order valence-electron chi connectivity index (χ4n) is 1.87. The number of hydrogen-bond acceptors (Lipinski definition) is 2. The fraction of sp³-hybridized carbons (Fsp3) is 0.636. The largest absolute Gasteiger partial charge is 0.319 e. The molecular weight excluding hydrogens is 178 g/mol. The lowest BCUT2D eigenvalue weighted by Crippen LogP contribution is -2.09. The smallest absolute Gasteiger partial charge is 0.00825 e. The molecule has 0 aliphatic heterocycles. The van der Waals surface area contributed by atoms with E-state index in [9.17, 15) is 0 Å². The van der Waals surface area contributed by atoms with Crippen LogP contribution in [0.25, 0.3) is 0 Å². The van der Waals surface area contributed by atoms with Crippen molar-refractivity contribution < 1.29 is 0 Å². The van der Waals surface area contributed by atoms with Crippen molar-refractivity contribution in [1.82, 2.24) is 5.32 Å². The Morgan fingerprint density at radius 1 is 1.54 bits per heavy atom. The first-order valence-corrected chi connectivity index (χ1v) is 5.90. The summed E-state index contributed by atoms with van der Waals surface area (Å²) in [4.78, 5) is 3.14. The second-order valence-electron chi connectivity index (χ2n) is 3.82. The molecule has 1 aliphatic rings. The molecule has 1 heterocycles. The van der Waals surface area contributed by atoms with Crippen LogP contribution in [0.1, 0.15) is 29.0 Å². The van der Waals surface area contributed by atoms with E-state index in [4.69, 9.17) is 0 Å². The van der Waals surface area contributed by atoms with Gasteiger partial charge in [-0.1, -0.05) is 6.92 Å². The minimum atomic E-state index is 0.873. The highest BCUT2D eigenvalue weighted by molar-refractivity contribution is 7.12. The average Bonchev–Trinajstić information content (AvgIpc) is 2.76. The Kier molecular flexibility index (Phi) is 2.70. The molecule has 72 valence electrons. The molecule has 1 aromatic heterocycles. The number of rotatable bonds is 4. The number of thiophene rings is 1. The van der Waals surface area contributed by atoms with Gasteiger partial charge in [-0.25, -0.2) is 0 Å². The number of hydrogen-bond donors (Lipinski definition) is 1. The lowest BCUT2D eigenvalue weighted by Gasteiger charge is -1.95. The van der Waals surface area contributed by atoms with Crippen LogP contribution in [0.3, 0.4) is 0 Å². The van der Waals surface area contributed by atoms with Crippen molar-refractivity contribution in [3.63, 3.8) is 0 Å². The topological polar surface area (TPSA) is 12.0 Å². The maximum absolute atomic E-state index is 3.25. The van der Waals surface area contributed by atoms with Crippen molar-refractivity contribution in [2.24, 2.45) is 5.92 Å². The van der Waals surface area contributed by atoms with Crippen LogP contribution in [0, 0.1) is 5.92 Å². The van der Waals surface area contributed by atoms with Crippen molar-refractivity contribution >= 4 is 11.3 Å². The Labute approximate surface area is 84.2 Å². The third kappa shape index (κ3) is 1.94. The van der Waals surface area contributed by atoms with Crippen LogP contribution in [0.2, 0.25) is 0 Å². The van der Waals surface area contributed by atoms with Crippen LogP contribution in [0.5, 0.6) is 0 Å². The highest BCUT2D eigenvalue weighted by Gasteiger charge is 2.38. The zero-order chi connectivity index (χ0) is 9.26. The Morgan fingerprint density at radius 3 is 3.00 bits per heavy atom. The van der Waals surface area contributed by atoms with E-state index in [1.807, 2.05) is 18.4 Å². The van der Waals surface area contributed by atoms with E-state index in [-0.39, 0.29) is 0 Å².